The molecule has 0 aliphatic heterocycles. The number of aromatic carboxylic acids is 1. The number of nitrogens with one attached hydrogen (secondary N) is 1. The molecule has 1 amide bonds. The largest absolute Gasteiger partial charge is 0.497 e. The second-order valence-electron chi connectivity index (χ2n) is 4.64. The van der Waals surface area contributed by atoms with Gasteiger partial charge in [0.2, 0.25) is 0 Å². The summed E-state index contributed by atoms with van der Waals surface area (Å²) < 4.78 is 5.10. The van der Waals surface area contributed by atoms with Gasteiger partial charge in [-0.3, -0.25) is 10.2 Å². The number of nitrogen functional groups attached to an aromatic ring is 1. The minimum absolute atomic E-state index is 0.206. The van der Waals surface area contributed by atoms with Gasteiger partial charge in [0.25, 0.3) is 5.91 Å². The molecular weight excluding hydrogens is 284 g/mol. The van der Waals surface area contributed by atoms with Gasteiger partial charge in [-0.05, 0) is 35.7 Å². The van der Waals surface area contributed by atoms with Gasteiger partial charge in [0.1, 0.15) is 5.75 Å². The van der Waals surface area contributed by atoms with Gasteiger partial charge in [-0.15, -0.1) is 0 Å². The van der Waals surface area contributed by atoms with Crippen molar-refractivity contribution in [3.8, 4) is 5.75 Å². The first-order chi connectivity index (χ1) is 10.6. The van der Waals surface area contributed by atoms with E-state index >= 15 is 0 Å². The van der Waals surface area contributed by atoms with Gasteiger partial charge in [-0.1, -0.05) is 24.3 Å². The predicted octanol–water partition coefficient (Wildman–Crippen LogP) is 1.59. The van der Waals surface area contributed by atoms with Crippen LogP contribution in [0.25, 0.3) is 0 Å². The van der Waals surface area contributed by atoms with E-state index in [9.17, 15) is 14.7 Å². The maximum atomic E-state index is 11.9. The van der Waals surface area contributed by atoms with Gasteiger partial charge < -0.3 is 9.84 Å². The number of hydrogen-bond acceptors (Lipinski definition) is 4. The molecule has 0 aliphatic rings. The van der Waals surface area contributed by atoms with E-state index in [0.717, 1.165) is 0 Å². The second-order valence-corrected chi connectivity index (χ2v) is 4.64. The molecule has 0 fully saturated rings. The number of amides is 1. The number of carboxylic acid groups (broad SMARTS) is 1. The average molecular weight is 300 g/mol. The molecule has 0 saturated carbocycles. The normalized spacial score (nSPS) is 10.1. The van der Waals surface area contributed by atoms with Crippen molar-refractivity contribution >= 4 is 11.9 Å². The molecule has 114 valence electrons. The van der Waals surface area contributed by atoms with Gasteiger partial charge in [0.05, 0.1) is 12.7 Å². The summed E-state index contributed by atoms with van der Waals surface area (Å²) in [5.41, 5.74) is 3.92. The smallest absolute Gasteiger partial charge is 0.335 e. The summed E-state index contributed by atoms with van der Waals surface area (Å²) >= 11 is 0. The van der Waals surface area contributed by atoms with Crippen LogP contribution in [0.3, 0.4) is 0 Å². The van der Waals surface area contributed by atoms with Crippen LogP contribution < -0.4 is 16.0 Å². The van der Waals surface area contributed by atoms with Crippen LogP contribution in [0.5, 0.6) is 5.75 Å². The fraction of sp³-hybridized carbons (Fsp3) is 0.125. The van der Waals surface area contributed by atoms with Crippen molar-refractivity contribution in [3.63, 3.8) is 0 Å². The van der Waals surface area contributed by atoms with Crippen molar-refractivity contribution in [1.82, 2.24) is 5.43 Å². The van der Waals surface area contributed by atoms with Gasteiger partial charge in [0.15, 0.2) is 0 Å². The number of carbonyl (C=O) groups excluding carboxylic acids is 1. The Labute approximate surface area is 127 Å². The van der Waals surface area contributed by atoms with E-state index in [2.05, 4.69) is 5.43 Å². The van der Waals surface area contributed by atoms with E-state index < -0.39 is 11.9 Å². The number of carbonyl (C=O) groups is 2. The van der Waals surface area contributed by atoms with E-state index in [1.54, 1.807) is 36.4 Å². The first-order valence-electron chi connectivity index (χ1n) is 6.56. The first-order valence-corrected chi connectivity index (χ1v) is 6.56. The van der Waals surface area contributed by atoms with Crippen LogP contribution in [0.4, 0.5) is 0 Å². The van der Waals surface area contributed by atoms with E-state index in [-0.39, 0.29) is 5.56 Å². The van der Waals surface area contributed by atoms with Crippen molar-refractivity contribution < 1.29 is 19.4 Å². The fourth-order valence-corrected chi connectivity index (χ4v) is 2.21. The highest BCUT2D eigenvalue weighted by Gasteiger charge is 2.15. The van der Waals surface area contributed by atoms with Crippen LogP contribution in [-0.4, -0.2) is 24.1 Å². The van der Waals surface area contributed by atoms with Crippen LogP contribution in [-0.2, 0) is 6.42 Å². The molecule has 2 aromatic carbocycles. The molecule has 0 heterocycles. The van der Waals surface area contributed by atoms with Gasteiger partial charge in [-0.25, -0.2) is 10.6 Å². The van der Waals surface area contributed by atoms with Crippen molar-refractivity contribution in [2.45, 2.75) is 6.42 Å². The highest BCUT2D eigenvalue weighted by atomic mass is 16.5. The van der Waals surface area contributed by atoms with Crippen LogP contribution in [0, 0.1) is 0 Å². The lowest BCUT2D eigenvalue weighted by Gasteiger charge is -2.12. The van der Waals surface area contributed by atoms with E-state index in [1.807, 2.05) is 0 Å². The highest BCUT2D eigenvalue weighted by molar-refractivity contribution is 5.96. The lowest BCUT2D eigenvalue weighted by atomic mass is 9.96. The van der Waals surface area contributed by atoms with Crippen molar-refractivity contribution in [2.24, 2.45) is 5.84 Å². The lowest BCUT2D eigenvalue weighted by Crippen LogP contribution is -2.30. The zero-order valence-corrected chi connectivity index (χ0v) is 12.0. The Morgan fingerprint density at radius 2 is 1.82 bits per heavy atom. The Hall–Kier alpha value is -2.86. The van der Waals surface area contributed by atoms with Crippen molar-refractivity contribution in [2.75, 3.05) is 7.11 Å². The third kappa shape index (κ3) is 3.24. The van der Waals surface area contributed by atoms with Crippen LogP contribution in [0.2, 0.25) is 0 Å². The molecule has 4 N–H and O–H groups in total. The molecule has 0 aromatic heterocycles. The SMILES string of the molecule is COc1ccc(Cc2ccccc2C(=O)O)c(C(=O)NN)c1. The number of hydrogen-bond donors (Lipinski definition) is 3. The number of benzene rings is 2. The zero-order chi connectivity index (χ0) is 16.1. The number of ether oxygens (including phenoxy) is 1. The minimum Gasteiger partial charge on any atom is -0.497 e. The Kier molecular flexibility index (Phi) is 4.75. The average Bonchev–Trinajstić information content (AvgIpc) is 2.54. The van der Waals surface area contributed by atoms with Crippen molar-refractivity contribution in [3.05, 3.63) is 64.7 Å². The molecule has 2 aromatic rings. The predicted molar refractivity (Wildman–Crippen MR) is 80.9 cm³/mol. The molecular formula is C16H16N2O4. The van der Waals surface area contributed by atoms with Crippen LogP contribution >= 0.6 is 0 Å². The van der Waals surface area contributed by atoms with E-state index in [0.29, 0.717) is 28.9 Å². The van der Waals surface area contributed by atoms with E-state index in [4.69, 9.17) is 10.6 Å². The summed E-state index contributed by atoms with van der Waals surface area (Å²) in [6.07, 6.45) is 0.301. The Bertz CT molecular complexity index is 713. The molecule has 2 rings (SSSR count). The van der Waals surface area contributed by atoms with Gasteiger partial charge >= 0.3 is 5.97 Å². The Morgan fingerprint density at radius 3 is 2.45 bits per heavy atom. The third-order valence-corrected chi connectivity index (χ3v) is 3.32. The summed E-state index contributed by atoms with van der Waals surface area (Å²) in [5, 5.41) is 9.23. The molecule has 0 aliphatic carbocycles. The fourth-order valence-electron chi connectivity index (χ4n) is 2.21. The summed E-state index contributed by atoms with van der Waals surface area (Å²) in [7, 11) is 1.50. The topological polar surface area (TPSA) is 102 Å². The summed E-state index contributed by atoms with van der Waals surface area (Å²) in [6, 6.07) is 11.7. The quantitative estimate of drug-likeness (QED) is 0.442. The van der Waals surface area contributed by atoms with Gasteiger partial charge in [-0.2, -0.15) is 0 Å². The molecule has 6 nitrogen and oxygen atoms in total. The number of methoxy groups -OCH3 is 1. The lowest BCUT2D eigenvalue weighted by molar-refractivity contribution is 0.0695. The van der Waals surface area contributed by atoms with Crippen LogP contribution in [0.1, 0.15) is 31.8 Å². The molecule has 0 spiro atoms. The summed E-state index contributed by atoms with van der Waals surface area (Å²) in [6.45, 7) is 0. The highest BCUT2D eigenvalue weighted by Crippen LogP contribution is 2.22. The van der Waals surface area contributed by atoms with Gasteiger partial charge in [0, 0.05) is 5.56 Å². The van der Waals surface area contributed by atoms with Crippen LogP contribution in [0.15, 0.2) is 42.5 Å². The Morgan fingerprint density at radius 1 is 1.14 bits per heavy atom. The first kappa shape index (κ1) is 15.5. The summed E-state index contributed by atoms with van der Waals surface area (Å²) in [5.74, 6) is 4.26. The third-order valence-electron chi connectivity index (χ3n) is 3.32. The summed E-state index contributed by atoms with van der Waals surface area (Å²) in [4.78, 5) is 23.2. The van der Waals surface area contributed by atoms with E-state index in [1.165, 1.54) is 13.2 Å². The molecule has 0 unspecified atom stereocenters. The maximum Gasteiger partial charge on any atom is 0.335 e. The molecule has 0 radical (unpaired) electrons. The number of nitrogens with two attached hydrogens (primary N) is 1. The molecule has 0 bridgehead atoms. The molecule has 6 heteroatoms. The Balaban J connectivity index is 2.45. The number of hydrazine groups is 1. The maximum absolute atomic E-state index is 11.9. The van der Waals surface area contributed by atoms with Crippen molar-refractivity contribution in [1.29, 1.82) is 0 Å². The molecule has 22 heavy (non-hydrogen) atoms. The standard InChI is InChI=1S/C16H16N2O4/c1-22-12-7-6-11(14(9-12)15(19)18-17)8-10-4-2-3-5-13(10)16(20)21/h2-7,9H,8,17H2,1H3,(H,18,19)(H,20,21). The number of carboxylic acids is 1. The number of rotatable bonds is 5. The molecule has 0 atom stereocenters. The minimum atomic E-state index is -1.01. The monoisotopic (exact) mass is 300 g/mol. The zero-order valence-electron chi connectivity index (χ0n) is 12.0. The second kappa shape index (κ2) is 6.73. The molecule has 0 saturated heterocycles.